The van der Waals surface area contributed by atoms with Gasteiger partial charge in [0.25, 0.3) is 0 Å². The van der Waals surface area contributed by atoms with E-state index in [4.69, 9.17) is 5.73 Å². The van der Waals surface area contributed by atoms with Crippen LogP contribution >= 0.6 is 0 Å². The third kappa shape index (κ3) is 3.79. The van der Waals surface area contributed by atoms with Crippen LogP contribution < -0.4 is 16.4 Å². The Bertz CT molecular complexity index is 698. The predicted octanol–water partition coefficient (Wildman–Crippen LogP) is 1.86. The lowest BCUT2D eigenvalue weighted by Gasteiger charge is -2.09. The van der Waals surface area contributed by atoms with Crippen LogP contribution in [0, 0.1) is 13.8 Å². The first-order chi connectivity index (χ1) is 9.95. The van der Waals surface area contributed by atoms with E-state index in [1.165, 1.54) is 0 Å². The second kappa shape index (κ2) is 6.04. The SMILES string of the molecule is Cc1ccc(NC(=O)C(=O)Nc2cccc(C)n2)c(N)c1. The fourth-order valence-corrected chi connectivity index (χ4v) is 1.76. The molecule has 0 fully saturated rings. The third-order valence-corrected chi connectivity index (χ3v) is 2.79. The maximum atomic E-state index is 11.8. The second-order valence-electron chi connectivity index (χ2n) is 4.66. The van der Waals surface area contributed by atoms with Crippen LogP contribution in [0.5, 0.6) is 0 Å². The van der Waals surface area contributed by atoms with E-state index >= 15 is 0 Å². The molecule has 0 saturated heterocycles. The first-order valence-electron chi connectivity index (χ1n) is 6.38. The second-order valence-corrected chi connectivity index (χ2v) is 4.66. The van der Waals surface area contributed by atoms with E-state index in [1.54, 1.807) is 43.3 Å². The third-order valence-electron chi connectivity index (χ3n) is 2.79. The maximum absolute atomic E-state index is 11.8. The molecule has 0 atom stereocenters. The molecule has 1 heterocycles. The fraction of sp³-hybridized carbons (Fsp3) is 0.133. The molecule has 0 saturated carbocycles. The van der Waals surface area contributed by atoms with Gasteiger partial charge in [0, 0.05) is 5.69 Å². The molecule has 21 heavy (non-hydrogen) atoms. The monoisotopic (exact) mass is 284 g/mol. The summed E-state index contributed by atoms with van der Waals surface area (Å²) in [7, 11) is 0. The summed E-state index contributed by atoms with van der Waals surface area (Å²) in [6, 6.07) is 10.3. The summed E-state index contributed by atoms with van der Waals surface area (Å²) in [5.74, 6) is -1.27. The molecular formula is C15H16N4O2. The Hall–Kier alpha value is -2.89. The van der Waals surface area contributed by atoms with Crippen molar-refractivity contribution in [3.63, 3.8) is 0 Å². The minimum atomic E-state index is -0.798. The van der Waals surface area contributed by atoms with E-state index in [0.29, 0.717) is 17.2 Å². The van der Waals surface area contributed by atoms with Crippen molar-refractivity contribution in [3.8, 4) is 0 Å². The van der Waals surface area contributed by atoms with Gasteiger partial charge in [-0.05, 0) is 43.7 Å². The summed E-state index contributed by atoms with van der Waals surface area (Å²) >= 11 is 0. The molecule has 0 spiro atoms. The van der Waals surface area contributed by atoms with Gasteiger partial charge in [0.1, 0.15) is 5.82 Å². The Balaban J connectivity index is 2.04. The lowest BCUT2D eigenvalue weighted by Crippen LogP contribution is -2.29. The molecule has 0 unspecified atom stereocenters. The number of nitrogens with zero attached hydrogens (tertiary/aromatic N) is 1. The van der Waals surface area contributed by atoms with E-state index in [9.17, 15) is 9.59 Å². The predicted molar refractivity (Wildman–Crippen MR) is 81.8 cm³/mol. The zero-order valence-electron chi connectivity index (χ0n) is 11.8. The first kappa shape index (κ1) is 14.5. The molecule has 1 aromatic carbocycles. The van der Waals surface area contributed by atoms with Gasteiger partial charge in [-0.25, -0.2) is 4.98 Å². The number of carbonyl (C=O) groups is 2. The summed E-state index contributed by atoms with van der Waals surface area (Å²) in [6.07, 6.45) is 0. The molecule has 2 amide bonds. The summed E-state index contributed by atoms with van der Waals surface area (Å²) in [5, 5.41) is 4.90. The smallest absolute Gasteiger partial charge is 0.315 e. The molecule has 0 radical (unpaired) electrons. The number of nitrogen functional groups attached to an aromatic ring is 1. The molecule has 0 aliphatic heterocycles. The minimum absolute atomic E-state index is 0.326. The standard InChI is InChI=1S/C15H16N4O2/c1-9-6-7-12(11(16)8-9)18-14(20)15(21)19-13-5-3-4-10(2)17-13/h3-8H,16H2,1-2H3,(H,18,20)(H,17,19,21). The lowest BCUT2D eigenvalue weighted by molar-refractivity contribution is -0.133. The zero-order chi connectivity index (χ0) is 15.4. The molecule has 0 aliphatic carbocycles. The average molecular weight is 284 g/mol. The molecular weight excluding hydrogens is 268 g/mol. The van der Waals surface area contributed by atoms with Crippen LogP contribution in [0.1, 0.15) is 11.3 Å². The van der Waals surface area contributed by atoms with Crippen molar-refractivity contribution < 1.29 is 9.59 Å². The van der Waals surface area contributed by atoms with E-state index in [-0.39, 0.29) is 0 Å². The number of rotatable bonds is 2. The number of nitrogens with one attached hydrogen (secondary N) is 2. The van der Waals surface area contributed by atoms with Crippen LogP contribution in [-0.4, -0.2) is 16.8 Å². The van der Waals surface area contributed by atoms with Crippen LogP contribution in [0.25, 0.3) is 0 Å². The van der Waals surface area contributed by atoms with Crippen LogP contribution in [-0.2, 0) is 9.59 Å². The highest BCUT2D eigenvalue weighted by molar-refractivity contribution is 6.43. The van der Waals surface area contributed by atoms with E-state index in [2.05, 4.69) is 15.6 Å². The molecule has 6 heteroatoms. The number of hydrogen-bond donors (Lipinski definition) is 3. The Morgan fingerprint density at radius 1 is 1.05 bits per heavy atom. The van der Waals surface area contributed by atoms with Gasteiger partial charge in [0.2, 0.25) is 0 Å². The van der Waals surface area contributed by atoms with E-state index < -0.39 is 11.8 Å². The van der Waals surface area contributed by atoms with Gasteiger partial charge in [0.15, 0.2) is 0 Å². The molecule has 0 bridgehead atoms. The number of pyridine rings is 1. The molecule has 1 aromatic heterocycles. The number of carbonyl (C=O) groups excluding carboxylic acids is 2. The van der Waals surface area contributed by atoms with Gasteiger partial charge in [-0.2, -0.15) is 0 Å². The van der Waals surface area contributed by atoms with Crippen LogP contribution in [0.2, 0.25) is 0 Å². The van der Waals surface area contributed by atoms with Crippen molar-refractivity contribution in [1.29, 1.82) is 0 Å². The maximum Gasteiger partial charge on any atom is 0.315 e. The Labute approximate surface area is 122 Å². The largest absolute Gasteiger partial charge is 0.397 e. The summed E-state index contributed by atoms with van der Waals surface area (Å²) in [5.41, 5.74) is 8.31. The molecule has 4 N–H and O–H groups in total. The number of aromatic nitrogens is 1. The first-order valence-corrected chi connectivity index (χ1v) is 6.38. The van der Waals surface area contributed by atoms with Crippen LogP contribution in [0.4, 0.5) is 17.2 Å². The highest BCUT2D eigenvalue weighted by atomic mass is 16.2. The average Bonchev–Trinajstić information content (AvgIpc) is 2.41. The number of benzene rings is 1. The normalized spacial score (nSPS) is 10.0. The lowest BCUT2D eigenvalue weighted by atomic mass is 10.2. The molecule has 108 valence electrons. The topological polar surface area (TPSA) is 97.1 Å². The number of anilines is 3. The van der Waals surface area contributed by atoms with Gasteiger partial charge in [-0.15, -0.1) is 0 Å². The Morgan fingerprint density at radius 3 is 2.43 bits per heavy atom. The van der Waals surface area contributed by atoms with Crippen LogP contribution in [0.3, 0.4) is 0 Å². The van der Waals surface area contributed by atoms with Crippen molar-refractivity contribution in [2.24, 2.45) is 0 Å². The van der Waals surface area contributed by atoms with Crippen molar-refractivity contribution in [3.05, 3.63) is 47.7 Å². The van der Waals surface area contributed by atoms with Crippen molar-refractivity contribution >= 4 is 29.0 Å². The van der Waals surface area contributed by atoms with E-state index in [0.717, 1.165) is 11.3 Å². The number of nitrogens with two attached hydrogens (primary N) is 1. The number of amides is 2. The highest BCUT2D eigenvalue weighted by Crippen LogP contribution is 2.19. The summed E-state index contributed by atoms with van der Waals surface area (Å²) in [6.45, 7) is 3.68. The Morgan fingerprint density at radius 2 is 1.76 bits per heavy atom. The van der Waals surface area contributed by atoms with Crippen molar-refractivity contribution in [1.82, 2.24) is 4.98 Å². The summed E-state index contributed by atoms with van der Waals surface area (Å²) < 4.78 is 0. The van der Waals surface area contributed by atoms with Gasteiger partial charge in [0.05, 0.1) is 11.4 Å². The molecule has 2 rings (SSSR count). The van der Waals surface area contributed by atoms with Gasteiger partial charge in [-0.1, -0.05) is 12.1 Å². The quantitative estimate of drug-likeness (QED) is 0.579. The zero-order valence-corrected chi connectivity index (χ0v) is 11.8. The van der Waals surface area contributed by atoms with E-state index in [1.807, 2.05) is 6.92 Å². The fourth-order valence-electron chi connectivity index (χ4n) is 1.76. The van der Waals surface area contributed by atoms with Gasteiger partial charge in [-0.3, -0.25) is 9.59 Å². The highest BCUT2D eigenvalue weighted by Gasteiger charge is 2.15. The number of aryl methyl sites for hydroxylation is 2. The van der Waals surface area contributed by atoms with Crippen molar-refractivity contribution in [2.75, 3.05) is 16.4 Å². The molecule has 2 aromatic rings. The Kier molecular flexibility index (Phi) is 4.18. The van der Waals surface area contributed by atoms with Gasteiger partial charge < -0.3 is 16.4 Å². The number of hydrogen-bond acceptors (Lipinski definition) is 4. The molecule has 0 aliphatic rings. The summed E-state index contributed by atoms with van der Waals surface area (Å²) in [4.78, 5) is 27.7. The van der Waals surface area contributed by atoms with Gasteiger partial charge >= 0.3 is 11.8 Å². The molecule has 6 nitrogen and oxygen atoms in total. The van der Waals surface area contributed by atoms with Crippen molar-refractivity contribution in [2.45, 2.75) is 13.8 Å². The van der Waals surface area contributed by atoms with Crippen LogP contribution in [0.15, 0.2) is 36.4 Å². The minimum Gasteiger partial charge on any atom is -0.397 e.